The average Bonchev–Trinajstić information content (AvgIpc) is 2.41. The minimum atomic E-state index is -0.840. The Kier molecular flexibility index (Phi) is 4.89. The fraction of sp³-hybridized carbons (Fsp3) is 0.533. The highest BCUT2D eigenvalue weighted by molar-refractivity contribution is 6.31. The molecule has 0 spiro atoms. The van der Waals surface area contributed by atoms with E-state index in [1.807, 2.05) is 19.1 Å². The van der Waals surface area contributed by atoms with E-state index in [1.165, 1.54) is 0 Å². The second kappa shape index (κ2) is 6.46. The maximum absolute atomic E-state index is 11.9. The Labute approximate surface area is 124 Å². The Balaban J connectivity index is 1.87. The van der Waals surface area contributed by atoms with Crippen LogP contribution in [0.4, 0.5) is 5.69 Å². The Morgan fingerprint density at radius 2 is 2.05 bits per heavy atom. The lowest BCUT2D eigenvalue weighted by atomic mass is 9.82. The van der Waals surface area contributed by atoms with Crippen LogP contribution in [-0.2, 0) is 4.79 Å². The lowest BCUT2D eigenvalue weighted by Gasteiger charge is -2.31. The van der Waals surface area contributed by atoms with E-state index in [1.54, 1.807) is 6.07 Å². The fourth-order valence-corrected chi connectivity index (χ4v) is 2.78. The molecule has 20 heavy (non-hydrogen) atoms. The number of halogens is 1. The highest BCUT2D eigenvalue weighted by Gasteiger charge is 2.31. The zero-order valence-corrected chi connectivity index (χ0v) is 12.5. The van der Waals surface area contributed by atoms with Crippen LogP contribution in [0.5, 0.6) is 0 Å². The van der Waals surface area contributed by atoms with Crippen molar-refractivity contribution >= 4 is 23.2 Å². The Morgan fingerprint density at radius 1 is 1.35 bits per heavy atom. The number of benzene rings is 1. The summed E-state index contributed by atoms with van der Waals surface area (Å²) >= 11 is 6.01. The highest BCUT2D eigenvalue weighted by atomic mass is 35.5. The number of amides is 1. The lowest BCUT2D eigenvalue weighted by molar-refractivity contribution is -0.126. The third kappa shape index (κ3) is 3.87. The van der Waals surface area contributed by atoms with Gasteiger partial charge in [-0.2, -0.15) is 0 Å². The molecular formula is C15H21ClN2O2. The van der Waals surface area contributed by atoms with Gasteiger partial charge >= 0.3 is 0 Å². The van der Waals surface area contributed by atoms with Gasteiger partial charge in [0.2, 0.25) is 5.91 Å². The summed E-state index contributed by atoms with van der Waals surface area (Å²) in [5.74, 6) is -0.200. The molecule has 1 aliphatic rings. The van der Waals surface area contributed by atoms with E-state index in [0.29, 0.717) is 17.9 Å². The molecule has 110 valence electrons. The first-order valence-corrected chi connectivity index (χ1v) is 7.40. The molecule has 1 aromatic rings. The van der Waals surface area contributed by atoms with E-state index in [2.05, 4.69) is 10.9 Å². The number of carbonyl (C=O) groups excluding carboxylic acids is 1. The summed E-state index contributed by atoms with van der Waals surface area (Å²) in [6.07, 6.45) is 4.67. The number of hydrogen-bond donors (Lipinski definition) is 3. The van der Waals surface area contributed by atoms with Crippen molar-refractivity contribution in [2.45, 2.75) is 51.0 Å². The van der Waals surface area contributed by atoms with Crippen LogP contribution in [0.15, 0.2) is 18.2 Å². The standard InChI is InChI=1S/C15H21ClN2O2/c1-11-12(16)6-5-7-13(11)17-18-14(19)10-15(20)8-3-2-4-9-15/h5-7,17,20H,2-4,8-10H2,1H3,(H,18,19). The second-order valence-corrected chi connectivity index (χ2v) is 5.95. The van der Waals surface area contributed by atoms with Crippen LogP contribution in [0, 0.1) is 6.92 Å². The molecule has 4 nitrogen and oxygen atoms in total. The van der Waals surface area contributed by atoms with Crippen molar-refractivity contribution in [1.29, 1.82) is 0 Å². The van der Waals surface area contributed by atoms with Crippen LogP contribution in [0.25, 0.3) is 0 Å². The zero-order valence-electron chi connectivity index (χ0n) is 11.7. The third-order valence-electron chi connectivity index (χ3n) is 3.88. The van der Waals surface area contributed by atoms with Crippen LogP contribution in [-0.4, -0.2) is 16.6 Å². The topological polar surface area (TPSA) is 61.4 Å². The summed E-state index contributed by atoms with van der Waals surface area (Å²) in [4.78, 5) is 11.9. The SMILES string of the molecule is Cc1c(Cl)cccc1NNC(=O)CC1(O)CCCCC1. The first-order chi connectivity index (χ1) is 9.50. The summed E-state index contributed by atoms with van der Waals surface area (Å²) in [5.41, 5.74) is 6.30. The van der Waals surface area contributed by atoms with Crippen LogP contribution in [0.3, 0.4) is 0 Å². The van der Waals surface area contributed by atoms with E-state index >= 15 is 0 Å². The minimum Gasteiger partial charge on any atom is -0.389 e. The molecule has 0 aliphatic heterocycles. The van der Waals surface area contributed by atoms with Gasteiger partial charge in [-0.25, -0.2) is 0 Å². The van der Waals surface area contributed by atoms with Gasteiger partial charge in [-0.05, 0) is 37.5 Å². The van der Waals surface area contributed by atoms with Gasteiger partial charge < -0.3 is 5.11 Å². The maximum atomic E-state index is 11.9. The zero-order chi connectivity index (χ0) is 14.6. The normalized spacial score (nSPS) is 17.6. The van der Waals surface area contributed by atoms with Crippen molar-refractivity contribution in [1.82, 2.24) is 5.43 Å². The molecule has 0 bridgehead atoms. The predicted octanol–water partition coefficient (Wildman–Crippen LogP) is 3.18. The monoisotopic (exact) mass is 296 g/mol. The van der Waals surface area contributed by atoms with Gasteiger partial charge in [0.1, 0.15) is 0 Å². The smallest absolute Gasteiger partial charge is 0.241 e. The maximum Gasteiger partial charge on any atom is 0.241 e. The number of anilines is 1. The molecule has 2 rings (SSSR count). The molecule has 1 aliphatic carbocycles. The van der Waals surface area contributed by atoms with Crippen LogP contribution in [0.2, 0.25) is 5.02 Å². The molecule has 5 heteroatoms. The number of carbonyl (C=O) groups is 1. The molecule has 0 unspecified atom stereocenters. The Hall–Kier alpha value is -1.26. The molecule has 1 amide bonds. The van der Waals surface area contributed by atoms with Crippen LogP contribution < -0.4 is 10.9 Å². The van der Waals surface area contributed by atoms with Gasteiger partial charge in [0.15, 0.2) is 0 Å². The van der Waals surface area contributed by atoms with Gasteiger partial charge in [-0.15, -0.1) is 0 Å². The van der Waals surface area contributed by atoms with Gasteiger partial charge in [0.05, 0.1) is 17.7 Å². The minimum absolute atomic E-state index is 0.139. The number of nitrogens with one attached hydrogen (secondary N) is 2. The third-order valence-corrected chi connectivity index (χ3v) is 4.29. The first-order valence-electron chi connectivity index (χ1n) is 7.02. The summed E-state index contributed by atoms with van der Waals surface area (Å²) < 4.78 is 0. The molecule has 0 aromatic heterocycles. The van der Waals surface area contributed by atoms with Crippen LogP contribution in [0.1, 0.15) is 44.1 Å². The summed E-state index contributed by atoms with van der Waals surface area (Å²) in [7, 11) is 0. The Bertz CT molecular complexity index is 485. The van der Waals surface area contributed by atoms with Crippen molar-refractivity contribution in [3.63, 3.8) is 0 Å². The summed E-state index contributed by atoms with van der Waals surface area (Å²) in [6.45, 7) is 1.88. The average molecular weight is 297 g/mol. The number of rotatable bonds is 4. The van der Waals surface area contributed by atoms with E-state index in [9.17, 15) is 9.90 Å². The van der Waals surface area contributed by atoms with Crippen molar-refractivity contribution in [3.8, 4) is 0 Å². The van der Waals surface area contributed by atoms with E-state index in [4.69, 9.17) is 11.6 Å². The largest absolute Gasteiger partial charge is 0.389 e. The summed E-state index contributed by atoms with van der Waals surface area (Å²) in [5, 5.41) is 11.0. The predicted molar refractivity (Wildman–Crippen MR) is 80.6 cm³/mol. The lowest BCUT2D eigenvalue weighted by Crippen LogP contribution is -2.40. The number of aliphatic hydroxyl groups is 1. The van der Waals surface area contributed by atoms with E-state index in [0.717, 1.165) is 30.5 Å². The summed E-state index contributed by atoms with van der Waals surface area (Å²) in [6, 6.07) is 5.46. The molecule has 0 atom stereocenters. The highest BCUT2D eigenvalue weighted by Crippen LogP contribution is 2.30. The van der Waals surface area contributed by atoms with E-state index < -0.39 is 5.60 Å². The quantitative estimate of drug-likeness (QED) is 0.748. The van der Waals surface area contributed by atoms with Crippen molar-refractivity contribution in [3.05, 3.63) is 28.8 Å². The Morgan fingerprint density at radius 3 is 2.75 bits per heavy atom. The van der Waals surface area contributed by atoms with E-state index in [-0.39, 0.29) is 12.3 Å². The van der Waals surface area contributed by atoms with Gasteiger partial charge in [-0.1, -0.05) is 36.9 Å². The molecule has 1 aromatic carbocycles. The second-order valence-electron chi connectivity index (χ2n) is 5.55. The van der Waals surface area contributed by atoms with Gasteiger partial charge in [0.25, 0.3) is 0 Å². The molecule has 1 saturated carbocycles. The fourth-order valence-electron chi connectivity index (χ4n) is 2.61. The molecule has 3 N–H and O–H groups in total. The van der Waals surface area contributed by atoms with Gasteiger partial charge in [0, 0.05) is 5.02 Å². The number of hydrazine groups is 1. The van der Waals surface area contributed by atoms with Gasteiger partial charge in [-0.3, -0.25) is 15.6 Å². The van der Waals surface area contributed by atoms with Crippen molar-refractivity contribution in [2.75, 3.05) is 5.43 Å². The van der Waals surface area contributed by atoms with Crippen molar-refractivity contribution in [2.24, 2.45) is 0 Å². The van der Waals surface area contributed by atoms with Crippen molar-refractivity contribution < 1.29 is 9.90 Å². The molecule has 0 radical (unpaired) electrons. The molecular weight excluding hydrogens is 276 g/mol. The molecule has 1 fully saturated rings. The first kappa shape index (κ1) is 15.1. The van der Waals surface area contributed by atoms with Crippen LogP contribution >= 0.6 is 11.6 Å². The molecule has 0 saturated heterocycles. The number of hydrogen-bond acceptors (Lipinski definition) is 3. The molecule has 0 heterocycles.